The quantitative estimate of drug-likeness (QED) is 0.894. The Morgan fingerprint density at radius 1 is 1.35 bits per heavy atom. The average molecular weight is 297 g/mol. The number of nitrogens with zero attached hydrogens (tertiary/aromatic N) is 3. The van der Waals surface area contributed by atoms with Gasteiger partial charge in [-0.05, 0) is 19.3 Å². The van der Waals surface area contributed by atoms with E-state index in [2.05, 4.69) is 10.2 Å². The highest BCUT2D eigenvalue weighted by Gasteiger charge is 2.32. The number of nitrogens with one attached hydrogen (secondary N) is 1. The number of aromatic nitrogens is 2. The van der Waals surface area contributed by atoms with E-state index in [4.69, 9.17) is 11.6 Å². The maximum absolute atomic E-state index is 12.3. The number of rotatable bonds is 2. The summed E-state index contributed by atoms with van der Waals surface area (Å²) in [6, 6.07) is 0.284. The van der Waals surface area contributed by atoms with Gasteiger partial charge in [-0.2, -0.15) is 5.10 Å². The van der Waals surface area contributed by atoms with E-state index in [1.165, 1.54) is 6.20 Å². The summed E-state index contributed by atoms with van der Waals surface area (Å²) in [6.07, 6.45) is 4.74. The van der Waals surface area contributed by atoms with Gasteiger partial charge in [0.15, 0.2) is 0 Å². The molecule has 0 atom stereocenters. The van der Waals surface area contributed by atoms with Crippen LogP contribution in [0.5, 0.6) is 0 Å². The fourth-order valence-electron chi connectivity index (χ4n) is 3.02. The van der Waals surface area contributed by atoms with E-state index in [1.54, 1.807) is 4.90 Å². The van der Waals surface area contributed by atoms with Gasteiger partial charge in [-0.15, -0.1) is 0 Å². The number of hydrogen-bond donors (Lipinski definition) is 1. The fraction of sp³-hybridized carbons (Fsp3) is 0.615. The zero-order valence-corrected chi connectivity index (χ0v) is 11.9. The number of amides is 2. The van der Waals surface area contributed by atoms with Crippen LogP contribution in [0.1, 0.15) is 36.2 Å². The van der Waals surface area contributed by atoms with Crippen LogP contribution in [0.25, 0.3) is 0 Å². The minimum Gasteiger partial charge on any atom is -0.340 e. The third kappa shape index (κ3) is 2.40. The van der Waals surface area contributed by atoms with E-state index in [9.17, 15) is 9.59 Å². The molecule has 1 aromatic rings. The highest BCUT2D eigenvalue weighted by Crippen LogP contribution is 2.23. The van der Waals surface area contributed by atoms with E-state index in [1.807, 2.05) is 4.90 Å². The summed E-state index contributed by atoms with van der Waals surface area (Å²) in [5.41, 5.74) is 0.349. The zero-order chi connectivity index (χ0) is 14.1. The first kappa shape index (κ1) is 13.4. The number of halogens is 1. The van der Waals surface area contributed by atoms with Crippen LogP contribution in [0.4, 0.5) is 0 Å². The van der Waals surface area contributed by atoms with Gasteiger partial charge in [0.05, 0.1) is 11.2 Å². The molecular weight excluding hydrogens is 280 g/mol. The Balaban J connectivity index is 1.60. The van der Waals surface area contributed by atoms with Gasteiger partial charge in [0.1, 0.15) is 5.69 Å². The van der Waals surface area contributed by atoms with Crippen molar-refractivity contribution in [2.75, 3.05) is 19.6 Å². The first-order valence-corrected chi connectivity index (χ1v) is 7.32. The van der Waals surface area contributed by atoms with Gasteiger partial charge in [0, 0.05) is 32.1 Å². The Kier molecular flexibility index (Phi) is 3.65. The molecule has 0 spiro atoms. The lowest BCUT2D eigenvalue weighted by molar-refractivity contribution is -0.130. The Bertz CT molecular complexity index is 522. The number of carbonyl (C=O) groups is 2. The smallest absolute Gasteiger partial charge is 0.273 e. The molecule has 6 nitrogen and oxygen atoms in total. The van der Waals surface area contributed by atoms with Crippen LogP contribution in [0, 0.1) is 0 Å². The molecule has 20 heavy (non-hydrogen) atoms. The molecule has 7 heteroatoms. The van der Waals surface area contributed by atoms with Crippen LogP contribution >= 0.6 is 11.6 Å². The Hall–Kier alpha value is -1.56. The molecular formula is C13H17ClN4O2. The highest BCUT2D eigenvalue weighted by atomic mass is 35.5. The molecule has 2 aliphatic heterocycles. The number of aromatic amines is 1. The summed E-state index contributed by atoms with van der Waals surface area (Å²) in [5.74, 6) is 0.144. The van der Waals surface area contributed by atoms with Crippen molar-refractivity contribution < 1.29 is 9.59 Å². The van der Waals surface area contributed by atoms with Gasteiger partial charge < -0.3 is 9.80 Å². The molecule has 0 saturated carbocycles. The first-order chi connectivity index (χ1) is 9.66. The molecule has 1 N–H and O–H groups in total. The van der Waals surface area contributed by atoms with Gasteiger partial charge in [0.25, 0.3) is 5.91 Å². The summed E-state index contributed by atoms with van der Waals surface area (Å²) in [7, 11) is 0. The summed E-state index contributed by atoms with van der Waals surface area (Å²) < 4.78 is 0. The lowest BCUT2D eigenvalue weighted by Crippen LogP contribution is -2.47. The summed E-state index contributed by atoms with van der Waals surface area (Å²) in [6.45, 7) is 2.18. The van der Waals surface area contributed by atoms with Crippen molar-refractivity contribution in [3.8, 4) is 0 Å². The maximum atomic E-state index is 12.3. The standard InChI is InChI=1S/C13H17ClN4O2/c14-10-8-15-16-12(10)13(20)17-6-3-9(4-7-17)18-5-1-2-11(18)19/h8-9H,1-7H2,(H,15,16). The van der Waals surface area contributed by atoms with Crippen molar-refractivity contribution in [2.24, 2.45) is 0 Å². The van der Waals surface area contributed by atoms with E-state index in [0.717, 1.165) is 25.8 Å². The molecule has 2 fully saturated rings. The lowest BCUT2D eigenvalue weighted by atomic mass is 10.0. The third-order valence-corrected chi connectivity index (χ3v) is 4.40. The maximum Gasteiger partial charge on any atom is 0.273 e. The van der Waals surface area contributed by atoms with Crippen LogP contribution in [-0.4, -0.2) is 57.5 Å². The van der Waals surface area contributed by atoms with Gasteiger partial charge in [-0.3, -0.25) is 14.7 Å². The van der Waals surface area contributed by atoms with Gasteiger partial charge in [-0.25, -0.2) is 0 Å². The van der Waals surface area contributed by atoms with Crippen molar-refractivity contribution in [1.82, 2.24) is 20.0 Å². The minimum absolute atomic E-state index is 0.112. The van der Waals surface area contributed by atoms with Crippen LogP contribution in [-0.2, 0) is 4.79 Å². The van der Waals surface area contributed by atoms with E-state index < -0.39 is 0 Å². The Morgan fingerprint density at radius 3 is 2.65 bits per heavy atom. The second kappa shape index (κ2) is 5.44. The second-order valence-corrected chi connectivity index (χ2v) is 5.71. The molecule has 0 radical (unpaired) electrons. The molecule has 3 rings (SSSR count). The highest BCUT2D eigenvalue weighted by molar-refractivity contribution is 6.33. The lowest BCUT2D eigenvalue weighted by Gasteiger charge is -2.36. The second-order valence-electron chi connectivity index (χ2n) is 5.31. The number of piperidine rings is 1. The fourth-order valence-corrected chi connectivity index (χ4v) is 3.19. The largest absolute Gasteiger partial charge is 0.340 e. The normalized spacial score (nSPS) is 20.8. The molecule has 108 valence electrons. The van der Waals surface area contributed by atoms with Crippen LogP contribution in [0.3, 0.4) is 0 Å². The van der Waals surface area contributed by atoms with Gasteiger partial charge in [0.2, 0.25) is 5.91 Å². The predicted molar refractivity (Wildman–Crippen MR) is 73.5 cm³/mol. The topological polar surface area (TPSA) is 69.3 Å². The minimum atomic E-state index is -0.112. The van der Waals surface area contributed by atoms with E-state index >= 15 is 0 Å². The molecule has 0 aromatic carbocycles. The molecule has 0 aliphatic carbocycles. The van der Waals surface area contributed by atoms with Crippen molar-refractivity contribution in [3.63, 3.8) is 0 Å². The van der Waals surface area contributed by atoms with E-state index in [0.29, 0.717) is 30.2 Å². The Labute approximate surface area is 122 Å². The number of hydrogen-bond acceptors (Lipinski definition) is 3. The molecule has 0 bridgehead atoms. The van der Waals surface area contributed by atoms with Crippen molar-refractivity contribution in [2.45, 2.75) is 31.7 Å². The predicted octanol–water partition coefficient (Wildman–Crippen LogP) is 1.29. The van der Waals surface area contributed by atoms with E-state index in [-0.39, 0.29) is 17.9 Å². The van der Waals surface area contributed by atoms with Gasteiger partial charge >= 0.3 is 0 Å². The van der Waals surface area contributed by atoms with Crippen LogP contribution < -0.4 is 0 Å². The van der Waals surface area contributed by atoms with Crippen molar-refractivity contribution in [3.05, 3.63) is 16.9 Å². The summed E-state index contributed by atoms with van der Waals surface area (Å²) in [4.78, 5) is 27.8. The molecule has 3 heterocycles. The van der Waals surface area contributed by atoms with Crippen LogP contribution in [0.2, 0.25) is 5.02 Å². The summed E-state index contributed by atoms with van der Waals surface area (Å²) in [5, 5.41) is 6.76. The zero-order valence-electron chi connectivity index (χ0n) is 11.1. The summed E-state index contributed by atoms with van der Waals surface area (Å²) >= 11 is 5.91. The van der Waals surface area contributed by atoms with Gasteiger partial charge in [-0.1, -0.05) is 11.6 Å². The molecule has 2 saturated heterocycles. The third-order valence-electron chi connectivity index (χ3n) is 4.11. The monoisotopic (exact) mass is 296 g/mol. The van der Waals surface area contributed by atoms with Crippen LogP contribution in [0.15, 0.2) is 6.20 Å². The SMILES string of the molecule is O=C(c1[nH]ncc1Cl)N1CCC(N2CCCC2=O)CC1. The molecule has 0 unspecified atom stereocenters. The van der Waals surface area contributed by atoms with Crippen molar-refractivity contribution >= 4 is 23.4 Å². The molecule has 2 aliphatic rings. The average Bonchev–Trinajstić information content (AvgIpc) is 3.07. The molecule has 1 aromatic heterocycles. The Morgan fingerprint density at radius 2 is 2.10 bits per heavy atom. The first-order valence-electron chi connectivity index (χ1n) is 6.94. The number of H-pyrrole nitrogens is 1. The number of likely N-dealkylation sites (tertiary alicyclic amines) is 2. The number of carbonyl (C=O) groups excluding carboxylic acids is 2. The molecule has 2 amide bonds. The van der Waals surface area contributed by atoms with Crippen molar-refractivity contribution in [1.29, 1.82) is 0 Å².